The molecule has 1 aliphatic carbocycles. The average molecular weight is 267 g/mol. The van der Waals surface area contributed by atoms with Crippen molar-refractivity contribution in [3.63, 3.8) is 0 Å². The maximum Gasteiger partial charge on any atom is 0.308 e. The summed E-state index contributed by atoms with van der Waals surface area (Å²) in [7, 11) is 0. The lowest BCUT2D eigenvalue weighted by molar-refractivity contribution is -0.141. The van der Waals surface area contributed by atoms with Crippen molar-refractivity contribution in [2.24, 2.45) is 17.8 Å². The quantitative estimate of drug-likeness (QED) is 0.851. The van der Waals surface area contributed by atoms with Gasteiger partial charge >= 0.3 is 5.97 Å². The zero-order valence-corrected chi connectivity index (χ0v) is 11.8. The summed E-state index contributed by atoms with van der Waals surface area (Å²) in [6.45, 7) is 3.21. The van der Waals surface area contributed by atoms with E-state index < -0.39 is 5.97 Å². The van der Waals surface area contributed by atoms with Crippen LogP contribution in [0.25, 0.3) is 0 Å². The van der Waals surface area contributed by atoms with E-state index >= 15 is 0 Å². The molecule has 1 saturated carbocycles. The maximum absolute atomic E-state index is 12.2. The molecule has 1 aliphatic heterocycles. The Morgan fingerprint density at radius 3 is 2.47 bits per heavy atom. The molecule has 2 rings (SSSR count). The van der Waals surface area contributed by atoms with Crippen molar-refractivity contribution in [1.29, 1.82) is 0 Å². The number of carbonyl (C=O) groups excluding carboxylic acids is 1. The SMILES string of the molecule is CC(CC(=O)N1CCC(C(=O)O)C1)C1CCCCC1. The van der Waals surface area contributed by atoms with Crippen molar-refractivity contribution in [2.75, 3.05) is 13.1 Å². The van der Waals surface area contributed by atoms with E-state index in [9.17, 15) is 9.59 Å². The first-order valence-electron chi connectivity index (χ1n) is 7.58. The average Bonchev–Trinajstić information content (AvgIpc) is 2.89. The molecule has 0 aromatic carbocycles. The van der Waals surface area contributed by atoms with Crippen LogP contribution in [0.4, 0.5) is 0 Å². The van der Waals surface area contributed by atoms with Crippen molar-refractivity contribution < 1.29 is 14.7 Å². The van der Waals surface area contributed by atoms with Gasteiger partial charge in [-0.2, -0.15) is 0 Å². The van der Waals surface area contributed by atoms with Crippen LogP contribution < -0.4 is 0 Å². The molecule has 0 radical (unpaired) electrons. The number of hydrogen-bond acceptors (Lipinski definition) is 2. The van der Waals surface area contributed by atoms with Crippen LogP contribution in [0, 0.1) is 17.8 Å². The third kappa shape index (κ3) is 3.71. The predicted octanol–water partition coefficient (Wildman–Crippen LogP) is 2.53. The Bertz CT molecular complexity index is 336. The Kier molecular flexibility index (Phi) is 4.83. The standard InChI is InChI=1S/C15H25NO3/c1-11(12-5-3-2-4-6-12)9-14(17)16-8-7-13(10-16)15(18)19/h11-13H,2-10H2,1H3,(H,18,19). The number of hydrogen-bond donors (Lipinski definition) is 1. The highest BCUT2D eigenvalue weighted by Gasteiger charge is 2.32. The highest BCUT2D eigenvalue weighted by Crippen LogP contribution is 2.32. The van der Waals surface area contributed by atoms with Gasteiger partial charge in [0, 0.05) is 19.5 Å². The fourth-order valence-electron chi connectivity index (χ4n) is 3.46. The van der Waals surface area contributed by atoms with Crippen LogP contribution in [-0.2, 0) is 9.59 Å². The molecule has 108 valence electrons. The molecule has 4 nitrogen and oxygen atoms in total. The number of carbonyl (C=O) groups is 2. The number of amides is 1. The first-order chi connectivity index (χ1) is 9.08. The van der Waals surface area contributed by atoms with Gasteiger partial charge in [-0.1, -0.05) is 39.0 Å². The molecule has 19 heavy (non-hydrogen) atoms. The number of aliphatic carboxylic acids is 1. The lowest BCUT2D eigenvalue weighted by atomic mass is 9.79. The molecule has 1 heterocycles. The monoisotopic (exact) mass is 267 g/mol. The molecule has 0 bridgehead atoms. The van der Waals surface area contributed by atoms with E-state index in [1.54, 1.807) is 4.90 Å². The summed E-state index contributed by atoms with van der Waals surface area (Å²) in [5, 5.41) is 8.96. The summed E-state index contributed by atoms with van der Waals surface area (Å²) in [5.41, 5.74) is 0. The van der Waals surface area contributed by atoms with Gasteiger partial charge < -0.3 is 10.0 Å². The van der Waals surface area contributed by atoms with Crippen molar-refractivity contribution >= 4 is 11.9 Å². The molecule has 2 atom stereocenters. The molecule has 4 heteroatoms. The Labute approximate surface area is 115 Å². The van der Waals surface area contributed by atoms with E-state index in [-0.39, 0.29) is 11.8 Å². The predicted molar refractivity (Wildman–Crippen MR) is 72.7 cm³/mol. The van der Waals surface area contributed by atoms with Crippen molar-refractivity contribution in [2.45, 2.75) is 51.9 Å². The van der Waals surface area contributed by atoms with Crippen LogP contribution in [0.2, 0.25) is 0 Å². The van der Waals surface area contributed by atoms with Gasteiger partial charge in [0.1, 0.15) is 0 Å². The second-order valence-electron chi connectivity index (χ2n) is 6.24. The minimum absolute atomic E-state index is 0.154. The van der Waals surface area contributed by atoms with E-state index in [1.807, 2.05) is 0 Å². The second kappa shape index (κ2) is 6.40. The summed E-state index contributed by atoms with van der Waals surface area (Å²) in [4.78, 5) is 24.8. The number of nitrogens with zero attached hydrogens (tertiary/aromatic N) is 1. The van der Waals surface area contributed by atoms with E-state index in [4.69, 9.17) is 5.11 Å². The zero-order valence-electron chi connectivity index (χ0n) is 11.8. The smallest absolute Gasteiger partial charge is 0.308 e. The van der Waals surface area contributed by atoms with E-state index in [2.05, 4.69) is 6.92 Å². The van der Waals surface area contributed by atoms with E-state index in [0.29, 0.717) is 37.8 Å². The molecule has 1 amide bonds. The van der Waals surface area contributed by atoms with Crippen LogP contribution in [0.1, 0.15) is 51.9 Å². The molecule has 2 unspecified atom stereocenters. The van der Waals surface area contributed by atoms with Gasteiger partial charge in [-0.25, -0.2) is 0 Å². The van der Waals surface area contributed by atoms with Gasteiger partial charge in [-0.05, 0) is 18.3 Å². The van der Waals surface area contributed by atoms with E-state index in [0.717, 1.165) is 0 Å². The van der Waals surface area contributed by atoms with Crippen LogP contribution >= 0.6 is 0 Å². The molecular weight excluding hydrogens is 242 g/mol. The highest BCUT2D eigenvalue weighted by molar-refractivity contribution is 5.78. The number of carboxylic acids is 1. The number of carboxylic acid groups (broad SMARTS) is 1. The number of likely N-dealkylation sites (tertiary alicyclic amines) is 1. The zero-order chi connectivity index (χ0) is 13.8. The normalized spacial score (nSPS) is 26.4. The fourth-order valence-corrected chi connectivity index (χ4v) is 3.46. The third-order valence-electron chi connectivity index (χ3n) is 4.84. The highest BCUT2D eigenvalue weighted by atomic mass is 16.4. The van der Waals surface area contributed by atoms with Gasteiger partial charge in [-0.15, -0.1) is 0 Å². The second-order valence-corrected chi connectivity index (χ2v) is 6.24. The lowest BCUT2D eigenvalue weighted by Crippen LogP contribution is -2.32. The first-order valence-corrected chi connectivity index (χ1v) is 7.58. The molecule has 2 fully saturated rings. The first kappa shape index (κ1) is 14.4. The van der Waals surface area contributed by atoms with Gasteiger partial charge in [0.15, 0.2) is 0 Å². The minimum Gasteiger partial charge on any atom is -0.481 e. The van der Waals surface area contributed by atoms with Crippen molar-refractivity contribution in [1.82, 2.24) is 4.90 Å². The summed E-state index contributed by atoms with van der Waals surface area (Å²) >= 11 is 0. The molecule has 0 spiro atoms. The fraction of sp³-hybridized carbons (Fsp3) is 0.867. The summed E-state index contributed by atoms with van der Waals surface area (Å²) < 4.78 is 0. The van der Waals surface area contributed by atoms with Gasteiger partial charge in [0.25, 0.3) is 0 Å². The van der Waals surface area contributed by atoms with Crippen molar-refractivity contribution in [3.8, 4) is 0 Å². The Morgan fingerprint density at radius 2 is 1.89 bits per heavy atom. The topological polar surface area (TPSA) is 57.6 Å². The maximum atomic E-state index is 12.2. The van der Waals surface area contributed by atoms with Crippen molar-refractivity contribution in [3.05, 3.63) is 0 Å². The van der Waals surface area contributed by atoms with Crippen LogP contribution in [0.15, 0.2) is 0 Å². The van der Waals surface area contributed by atoms with Gasteiger partial charge in [-0.3, -0.25) is 9.59 Å². The van der Waals surface area contributed by atoms with Gasteiger partial charge in [0.05, 0.1) is 5.92 Å². The van der Waals surface area contributed by atoms with E-state index in [1.165, 1.54) is 32.1 Å². The molecule has 1 saturated heterocycles. The van der Waals surface area contributed by atoms with Crippen LogP contribution in [0.5, 0.6) is 0 Å². The molecular formula is C15H25NO3. The number of rotatable bonds is 4. The molecule has 1 N–H and O–H groups in total. The summed E-state index contributed by atoms with van der Waals surface area (Å²) in [6, 6.07) is 0. The summed E-state index contributed by atoms with van der Waals surface area (Å²) in [5.74, 6) is 0.165. The van der Waals surface area contributed by atoms with Gasteiger partial charge in [0.2, 0.25) is 5.91 Å². The molecule has 2 aliphatic rings. The molecule has 0 aromatic rings. The summed E-state index contributed by atoms with van der Waals surface area (Å²) in [6.07, 6.45) is 7.65. The third-order valence-corrected chi connectivity index (χ3v) is 4.84. The molecule has 0 aromatic heterocycles. The van der Waals surface area contributed by atoms with Crippen LogP contribution in [-0.4, -0.2) is 35.0 Å². The lowest BCUT2D eigenvalue weighted by Gasteiger charge is -2.28. The Balaban J connectivity index is 1.79. The minimum atomic E-state index is -0.768. The largest absolute Gasteiger partial charge is 0.481 e. The Hall–Kier alpha value is -1.06. The van der Waals surface area contributed by atoms with Crippen LogP contribution in [0.3, 0.4) is 0 Å². The Morgan fingerprint density at radius 1 is 1.21 bits per heavy atom.